The number of ether oxygens (including phenoxy) is 1. The minimum atomic E-state index is 0.291. The van der Waals surface area contributed by atoms with E-state index in [-0.39, 0.29) is 0 Å². The van der Waals surface area contributed by atoms with Crippen LogP contribution in [0.25, 0.3) is 0 Å². The van der Waals surface area contributed by atoms with Crippen LogP contribution in [0.3, 0.4) is 0 Å². The lowest BCUT2D eigenvalue weighted by Crippen LogP contribution is -2.22. The lowest BCUT2D eigenvalue weighted by atomic mass is 10.1. The standard InChI is InChI=1S/C13H20BrN3O/c1-2-6-15-13-11(14)9-16-12(17-13)8-10-5-3-4-7-18-10/h9-10H,2-8H2,1H3,(H,15,16,17). The lowest BCUT2D eigenvalue weighted by Gasteiger charge is -2.22. The third-order valence-electron chi connectivity index (χ3n) is 3.02. The summed E-state index contributed by atoms with van der Waals surface area (Å²) in [6.45, 7) is 3.94. The summed E-state index contributed by atoms with van der Waals surface area (Å²) in [5.41, 5.74) is 0. The van der Waals surface area contributed by atoms with Crippen LogP contribution in [0, 0.1) is 0 Å². The monoisotopic (exact) mass is 313 g/mol. The van der Waals surface area contributed by atoms with E-state index in [9.17, 15) is 0 Å². The van der Waals surface area contributed by atoms with Crippen molar-refractivity contribution in [1.82, 2.24) is 9.97 Å². The summed E-state index contributed by atoms with van der Waals surface area (Å²) in [5.74, 6) is 1.75. The van der Waals surface area contributed by atoms with Gasteiger partial charge in [-0.1, -0.05) is 6.92 Å². The molecule has 1 aromatic rings. The molecular formula is C13H20BrN3O. The average Bonchev–Trinajstić information content (AvgIpc) is 2.40. The molecule has 1 unspecified atom stereocenters. The highest BCUT2D eigenvalue weighted by Crippen LogP contribution is 2.21. The summed E-state index contributed by atoms with van der Waals surface area (Å²) in [5, 5.41) is 3.30. The molecular weight excluding hydrogens is 294 g/mol. The molecule has 0 radical (unpaired) electrons. The third-order valence-corrected chi connectivity index (χ3v) is 3.60. The van der Waals surface area contributed by atoms with Crippen LogP contribution < -0.4 is 5.32 Å². The maximum atomic E-state index is 5.72. The van der Waals surface area contributed by atoms with Crippen molar-refractivity contribution in [3.05, 3.63) is 16.5 Å². The first-order valence-corrected chi connectivity index (χ1v) is 7.45. The molecule has 0 aliphatic carbocycles. The molecule has 18 heavy (non-hydrogen) atoms. The number of nitrogens with one attached hydrogen (secondary N) is 1. The summed E-state index contributed by atoms with van der Waals surface area (Å²) in [4.78, 5) is 8.92. The van der Waals surface area contributed by atoms with E-state index in [1.807, 2.05) is 6.20 Å². The van der Waals surface area contributed by atoms with Crippen molar-refractivity contribution in [2.75, 3.05) is 18.5 Å². The zero-order valence-corrected chi connectivity index (χ0v) is 12.4. The van der Waals surface area contributed by atoms with Gasteiger partial charge in [0, 0.05) is 25.8 Å². The largest absolute Gasteiger partial charge is 0.378 e. The van der Waals surface area contributed by atoms with Crippen molar-refractivity contribution >= 4 is 21.7 Å². The number of hydrogen-bond donors (Lipinski definition) is 1. The van der Waals surface area contributed by atoms with E-state index in [0.717, 1.165) is 48.5 Å². The molecule has 5 heteroatoms. The van der Waals surface area contributed by atoms with Crippen LogP contribution in [-0.4, -0.2) is 29.2 Å². The van der Waals surface area contributed by atoms with Gasteiger partial charge in [0.25, 0.3) is 0 Å². The SMILES string of the molecule is CCCNc1nc(CC2CCCCO2)ncc1Br. The van der Waals surface area contributed by atoms with Crippen molar-refractivity contribution in [3.63, 3.8) is 0 Å². The maximum absolute atomic E-state index is 5.72. The van der Waals surface area contributed by atoms with Crippen molar-refractivity contribution in [2.24, 2.45) is 0 Å². The average molecular weight is 314 g/mol. The Kier molecular flexibility index (Phi) is 5.38. The molecule has 1 fully saturated rings. The van der Waals surface area contributed by atoms with E-state index < -0.39 is 0 Å². The van der Waals surface area contributed by atoms with Crippen molar-refractivity contribution in [2.45, 2.75) is 45.1 Å². The molecule has 100 valence electrons. The van der Waals surface area contributed by atoms with E-state index in [1.165, 1.54) is 12.8 Å². The first-order valence-electron chi connectivity index (χ1n) is 6.66. The second kappa shape index (κ2) is 7.04. The summed E-state index contributed by atoms with van der Waals surface area (Å²) in [7, 11) is 0. The highest BCUT2D eigenvalue weighted by Gasteiger charge is 2.16. The lowest BCUT2D eigenvalue weighted by molar-refractivity contribution is 0.0156. The van der Waals surface area contributed by atoms with Gasteiger partial charge in [0.1, 0.15) is 11.6 Å². The van der Waals surface area contributed by atoms with Crippen LogP contribution >= 0.6 is 15.9 Å². The van der Waals surface area contributed by atoms with Crippen LogP contribution in [0.4, 0.5) is 5.82 Å². The van der Waals surface area contributed by atoms with E-state index in [0.29, 0.717) is 6.10 Å². The molecule has 1 atom stereocenters. The van der Waals surface area contributed by atoms with E-state index in [2.05, 4.69) is 38.1 Å². The van der Waals surface area contributed by atoms with Crippen LogP contribution in [0.2, 0.25) is 0 Å². The predicted octanol–water partition coefficient (Wildman–Crippen LogP) is 3.17. The number of rotatable bonds is 5. The number of anilines is 1. The molecule has 0 spiro atoms. The Morgan fingerprint density at radius 2 is 2.39 bits per heavy atom. The molecule has 1 aromatic heterocycles. The van der Waals surface area contributed by atoms with Gasteiger partial charge >= 0.3 is 0 Å². The smallest absolute Gasteiger partial charge is 0.144 e. The van der Waals surface area contributed by atoms with Crippen LogP contribution in [0.5, 0.6) is 0 Å². The Bertz CT molecular complexity index is 380. The van der Waals surface area contributed by atoms with E-state index in [1.54, 1.807) is 0 Å². The molecule has 1 saturated heterocycles. The normalized spacial score (nSPS) is 19.8. The Labute approximate surface area is 117 Å². The van der Waals surface area contributed by atoms with Gasteiger partial charge in [0.15, 0.2) is 0 Å². The molecule has 0 aromatic carbocycles. The van der Waals surface area contributed by atoms with Gasteiger partial charge in [-0.3, -0.25) is 0 Å². The number of halogens is 1. The predicted molar refractivity (Wildman–Crippen MR) is 75.8 cm³/mol. The first-order chi connectivity index (χ1) is 8.79. The zero-order chi connectivity index (χ0) is 12.8. The van der Waals surface area contributed by atoms with Gasteiger partial charge in [0.2, 0.25) is 0 Å². The molecule has 1 aliphatic heterocycles. The van der Waals surface area contributed by atoms with E-state index >= 15 is 0 Å². The highest BCUT2D eigenvalue weighted by molar-refractivity contribution is 9.10. The maximum Gasteiger partial charge on any atom is 0.144 e. The van der Waals surface area contributed by atoms with E-state index in [4.69, 9.17) is 4.74 Å². The Morgan fingerprint density at radius 3 is 3.11 bits per heavy atom. The minimum absolute atomic E-state index is 0.291. The molecule has 1 aliphatic rings. The Hall–Kier alpha value is -0.680. The van der Waals surface area contributed by atoms with Crippen molar-refractivity contribution < 1.29 is 4.74 Å². The molecule has 4 nitrogen and oxygen atoms in total. The van der Waals surface area contributed by atoms with Gasteiger partial charge in [-0.05, 0) is 41.6 Å². The Balaban J connectivity index is 1.99. The highest BCUT2D eigenvalue weighted by atomic mass is 79.9. The summed E-state index contributed by atoms with van der Waals surface area (Å²) < 4.78 is 6.64. The van der Waals surface area contributed by atoms with Crippen LogP contribution in [0.15, 0.2) is 10.7 Å². The molecule has 0 amide bonds. The van der Waals surface area contributed by atoms with Gasteiger partial charge in [-0.2, -0.15) is 0 Å². The molecule has 2 heterocycles. The fraction of sp³-hybridized carbons (Fsp3) is 0.692. The third kappa shape index (κ3) is 3.92. The number of aromatic nitrogens is 2. The second-order valence-corrected chi connectivity index (χ2v) is 5.46. The van der Waals surface area contributed by atoms with Crippen molar-refractivity contribution in [1.29, 1.82) is 0 Å². The first kappa shape index (κ1) is 13.7. The number of nitrogens with zero attached hydrogens (tertiary/aromatic N) is 2. The van der Waals surface area contributed by atoms with Crippen LogP contribution in [0.1, 0.15) is 38.4 Å². The molecule has 0 bridgehead atoms. The summed E-state index contributed by atoms with van der Waals surface area (Å²) >= 11 is 3.47. The van der Waals surface area contributed by atoms with Crippen molar-refractivity contribution in [3.8, 4) is 0 Å². The quantitative estimate of drug-likeness (QED) is 0.907. The summed E-state index contributed by atoms with van der Waals surface area (Å²) in [6, 6.07) is 0. The Morgan fingerprint density at radius 1 is 1.50 bits per heavy atom. The fourth-order valence-corrected chi connectivity index (χ4v) is 2.37. The second-order valence-electron chi connectivity index (χ2n) is 4.60. The topological polar surface area (TPSA) is 47.0 Å². The molecule has 1 N–H and O–H groups in total. The van der Waals surface area contributed by atoms with Gasteiger partial charge in [0.05, 0.1) is 10.6 Å². The van der Waals surface area contributed by atoms with Gasteiger partial charge in [-0.15, -0.1) is 0 Å². The summed E-state index contributed by atoms with van der Waals surface area (Å²) in [6.07, 6.45) is 7.56. The number of hydrogen-bond acceptors (Lipinski definition) is 4. The molecule has 0 saturated carbocycles. The van der Waals surface area contributed by atoms with Crippen LogP contribution in [-0.2, 0) is 11.2 Å². The van der Waals surface area contributed by atoms with Gasteiger partial charge < -0.3 is 10.1 Å². The minimum Gasteiger partial charge on any atom is -0.378 e. The zero-order valence-electron chi connectivity index (χ0n) is 10.8. The van der Waals surface area contributed by atoms with Gasteiger partial charge in [-0.25, -0.2) is 9.97 Å². The fourth-order valence-electron chi connectivity index (χ4n) is 2.04. The molecule has 2 rings (SSSR count).